The van der Waals surface area contributed by atoms with E-state index >= 15 is 8.78 Å². The average Bonchev–Trinajstić information content (AvgIpc) is 3.83. The molecular formula is C43H43F2N5O2. The highest BCUT2D eigenvalue weighted by Crippen LogP contribution is 2.48. The molecule has 2 saturated heterocycles. The summed E-state index contributed by atoms with van der Waals surface area (Å²) < 4.78 is 39.2. The lowest BCUT2D eigenvalue weighted by Crippen LogP contribution is -2.51. The second-order valence-electron chi connectivity index (χ2n) is 15.8. The summed E-state index contributed by atoms with van der Waals surface area (Å²) in [6.07, 6.45) is 11.2. The number of rotatable bonds is 8. The minimum absolute atomic E-state index is 0.000298. The van der Waals surface area contributed by atoms with Gasteiger partial charge in [-0.25, -0.2) is 8.78 Å². The van der Waals surface area contributed by atoms with Crippen molar-refractivity contribution in [1.82, 2.24) is 20.2 Å². The van der Waals surface area contributed by atoms with E-state index in [-0.39, 0.29) is 39.7 Å². The minimum Gasteiger partial charge on any atom is -0.508 e. The zero-order chi connectivity index (χ0) is 35.7. The van der Waals surface area contributed by atoms with Crippen LogP contribution in [0.5, 0.6) is 11.8 Å². The number of benzene rings is 4. The highest BCUT2D eigenvalue weighted by molar-refractivity contribution is 6.05. The number of phenolic OH excluding ortho intramolecular Hbond substituents is 1. The fraction of sp³-hybridized carbons (Fsp3) is 0.395. The molecule has 3 aliphatic heterocycles. The summed E-state index contributed by atoms with van der Waals surface area (Å²) in [5.41, 5.74) is 4.25. The van der Waals surface area contributed by atoms with Gasteiger partial charge in [0, 0.05) is 66.6 Å². The molecule has 1 aromatic heterocycles. The summed E-state index contributed by atoms with van der Waals surface area (Å²) in [4.78, 5) is 14.6. The van der Waals surface area contributed by atoms with Crippen LogP contribution in [0.15, 0.2) is 54.6 Å². The Bertz CT molecular complexity index is 2270. The maximum Gasteiger partial charge on any atom is 0.319 e. The molecule has 2 bridgehead atoms. The summed E-state index contributed by atoms with van der Waals surface area (Å²) in [7, 11) is 0. The molecule has 1 aliphatic carbocycles. The number of piperazine rings is 1. The van der Waals surface area contributed by atoms with E-state index in [1.54, 1.807) is 6.07 Å². The second kappa shape index (κ2) is 12.7. The number of nitrogens with one attached hydrogen (secondary N) is 1. The molecule has 1 saturated carbocycles. The maximum atomic E-state index is 17.6. The Morgan fingerprint density at radius 3 is 2.54 bits per heavy atom. The number of aromatic hydroxyl groups is 1. The van der Waals surface area contributed by atoms with Gasteiger partial charge in [0.25, 0.3) is 0 Å². The van der Waals surface area contributed by atoms with Gasteiger partial charge in [0.05, 0.1) is 12.2 Å². The van der Waals surface area contributed by atoms with Crippen LogP contribution >= 0.6 is 0 Å². The van der Waals surface area contributed by atoms with Crippen molar-refractivity contribution in [3.05, 3.63) is 88.5 Å². The predicted octanol–water partition coefficient (Wildman–Crippen LogP) is 7.70. The van der Waals surface area contributed by atoms with Crippen LogP contribution in [0.1, 0.15) is 67.7 Å². The van der Waals surface area contributed by atoms with Gasteiger partial charge in [-0.05, 0) is 89.9 Å². The summed E-state index contributed by atoms with van der Waals surface area (Å²) >= 11 is 0. The van der Waals surface area contributed by atoms with Crippen LogP contribution in [0, 0.1) is 29.4 Å². The molecule has 3 fully saturated rings. The normalized spacial score (nSPS) is 20.7. The largest absolute Gasteiger partial charge is 0.508 e. The second-order valence-corrected chi connectivity index (χ2v) is 15.8. The maximum absolute atomic E-state index is 17.6. The van der Waals surface area contributed by atoms with Crippen molar-refractivity contribution >= 4 is 27.5 Å². The number of aromatic nitrogens is 2. The van der Waals surface area contributed by atoms with Gasteiger partial charge in [-0.1, -0.05) is 50.1 Å². The molecular weight excluding hydrogens is 657 g/mol. The van der Waals surface area contributed by atoms with Gasteiger partial charge in [-0.3, -0.25) is 4.90 Å². The van der Waals surface area contributed by atoms with Gasteiger partial charge >= 0.3 is 6.01 Å². The first-order chi connectivity index (χ1) is 25.2. The summed E-state index contributed by atoms with van der Waals surface area (Å²) in [6.45, 7) is 8.83. The number of phenols is 1. The van der Waals surface area contributed by atoms with Crippen LogP contribution in [-0.4, -0.2) is 64.8 Å². The molecule has 4 aromatic carbocycles. The molecule has 2 atom stereocenters. The third kappa shape index (κ3) is 5.82. The SMILES string of the molecule is C#Cc1c(F)ccc2cc(O)cc(-c3c(C(C)C)cc4c(N5CC6CCC(C5)N6)nc(OCC5(CN6CCc7ccccc7C6)CC5)nc4c3F)c12. The summed E-state index contributed by atoms with van der Waals surface area (Å²) in [5, 5.41) is 16.0. The highest BCUT2D eigenvalue weighted by Gasteiger charge is 2.45. The lowest BCUT2D eigenvalue weighted by Gasteiger charge is -2.34. The molecule has 2 unspecified atom stereocenters. The lowest BCUT2D eigenvalue weighted by molar-refractivity contribution is 0.145. The van der Waals surface area contributed by atoms with E-state index in [1.165, 1.54) is 29.3 Å². The molecule has 0 radical (unpaired) electrons. The van der Waals surface area contributed by atoms with Gasteiger partial charge in [0.2, 0.25) is 0 Å². The average molecular weight is 700 g/mol. The van der Waals surface area contributed by atoms with Crippen molar-refractivity contribution in [3.8, 4) is 35.2 Å². The van der Waals surface area contributed by atoms with Crippen LogP contribution in [0.4, 0.5) is 14.6 Å². The molecule has 4 aliphatic rings. The van der Waals surface area contributed by atoms with Gasteiger partial charge in [-0.2, -0.15) is 9.97 Å². The molecule has 7 nitrogen and oxygen atoms in total. The molecule has 9 heteroatoms. The van der Waals surface area contributed by atoms with Crippen molar-refractivity contribution in [3.63, 3.8) is 0 Å². The molecule has 4 heterocycles. The summed E-state index contributed by atoms with van der Waals surface area (Å²) in [6, 6.07) is 17.3. The molecule has 266 valence electrons. The Morgan fingerprint density at radius 1 is 1.04 bits per heavy atom. The Morgan fingerprint density at radius 2 is 1.81 bits per heavy atom. The van der Waals surface area contributed by atoms with Gasteiger partial charge in [0.15, 0.2) is 5.82 Å². The van der Waals surface area contributed by atoms with Crippen molar-refractivity contribution < 1.29 is 18.6 Å². The van der Waals surface area contributed by atoms with Crippen LogP contribution in [0.3, 0.4) is 0 Å². The minimum atomic E-state index is -0.578. The lowest BCUT2D eigenvalue weighted by atomic mass is 9.86. The van der Waals surface area contributed by atoms with E-state index < -0.39 is 11.6 Å². The van der Waals surface area contributed by atoms with Gasteiger partial charge < -0.3 is 20.1 Å². The predicted molar refractivity (Wildman–Crippen MR) is 201 cm³/mol. The number of terminal acetylenes is 1. The Balaban J connectivity index is 1.14. The third-order valence-corrected chi connectivity index (χ3v) is 11.8. The monoisotopic (exact) mass is 699 g/mol. The first-order valence-corrected chi connectivity index (χ1v) is 18.6. The zero-order valence-electron chi connectivity index (χ0n) is 29.7. The Kier molecular flexibility index (Phi) is 8.09. The quantitative estimate of drug-likeness (QED) is 0.161. The fourth-order valence-corrected chi connectivity index (χ4v) is 8.88. The topological polar surface area (TPSA) is 73.8 Å². The first kappa shape index (κ1) is 33.1. The Hall–Kier alpha value is -4.78. The van der Waals surface area contributed by atoms with Crippen LogP contribution in [0.2, 0.25) is 0 Å². The van der Waals surface area contributed by atoms with Crippen molar-refractivity contribution in [2.45, 2.75) is 70.5 Å². The number of fused-ring (bicyclic) bond motifs is 5. The van der Waals surface area contributed by atoms with E-state index in [2.05, 4.69) is 45.3 Å². The smallest absolute Gasteiger partial charge is 0.319 e. The van der Waals surface area contributed by atoms with Crippen molar-refractivity contribution in [1.29, 1.82) is 0 Å². The van der Waals surface area contributed by atoms with Crippen LogP contribution in [0.25, 0.3) is 32.8 Å². The van der Waals surface area contributed by atoms with E-state index in [9.17, 15) is 5.11 Å². The number of nitrogens with zero attached hydrogens (tertiary/aromatic N) is 4. The molecule has 0 spiro atoms. The highest BCUT2D eigenvalue weighted by atomic mass is 19.1. The molecule has 9 rings (SSSR count). The molecule has 52 heavy (non-hydrogen) atoms. The zero-order valence-corrected chi connectivity index (χ0v) is 29.7. The molecule has 0 amide bonds. The van der Waals surface area contributed by atoms with Crippen molar-refractivity contribution in [2.24, 2.45) is 5.41 Å². The van der Waals surface area contributed by atoms with Crippen molar-refractivity contribution in [2.75, 3.05) is 37.7 Å². The number of ether oxygens (including phenoxy) is 1. The number of hydrogen-bond acceptors (Lipinski definition) is 7. The molecule has 2 N–H and O–H groups in total. The van der Waals surface area contributed by atoms with E-state index in [0.29, 0.717) is 51.8 Å². The van der Waals surface area contributed by atoms with E-state index in [4.69, 9.17) is 21.1 Å². The van der Waals surface area contributed by atoms with Gasteiger partial charge in [0.1, 0.15) is 22.9 Å². The Labute approximate surface area is 303 Å². The summed E-state index contributed by atoms with van der Waals surface area (Å²) in [5.74, 6) is 1.80. The number of anilines is 1. The van der Waals surface area contributed by atoms with E-state index in [1.807, 2.05) is 19.9 Å². The third-order valence-electron chi connectivity index (χ3n) is 11.8. The number of halogens is 2. The van der Waals surface area contributed by atoms with E-state index in [0.717, 1.165) is 64.8 Å². The molecule has 5 aromatic rings. The number of hydrogen-bond donors (Lipinski definition) is 2. The van der Waals surface area contributed by atoms with Crippen LogP contribution in [-0.2, 0) is 13.0 Å². The van der Waals surface area contributed by atoms with Crippen LogP contribution < -0.4 is 15.0 Å². The van der Waals surface area contributed by atoms with Gasteiger partial charge in [-0.15, -0.1) is 6.42 Å². The first-order valence-electron chi connectivity index (χ1n) is 18.6. The fourth-order valence-electron chi connectivity index (χ4n) is 8.88. The standard InChI is InChI=1S/C43H43F2N5O2/c1-4-32-36(44)12-9-27-17-31(51)18-34(37(27)32)38-33(25(2)3)19-35-40(39(38)45)47-42(48-41(35)50-21-29-10-11-30(22-50)46-29)52-24-43(14-15-43)23-49-16-13-26-7-5-6-8-28(26)20-49/h1,5-9,12,17-19,25,29-30,46,51H,10-11,13-16,20-24H2,2-3H3.